The van der Waals surface area contributed by atoms with Gasteiger partial charge in [-0.05, 0) is 50.5 Å². The van der Waals surface area contributed by atoms with Crippen LogP contribution in [0.2, 0.25) is 0 Å². The molecule has 1 aliphatic rings. The van der Waals surface area contributed by atoms with Crippen LogP contribution in [-0.4, -0.2) is 47.6 Å². The number of amides is 2. The minimum atomic E-state index is -0.393. The first-order valence-corrected chi connectivity index (χ1v) is 8.47. The van der Waals surface area contributed by atoms with Gasteiger partial charge >= 0.3 is 0 Å². The van der Waals surface area contributed by atoms with Crippen LogP contribution in [0.25, 0.3) is 0 Å². The Morgan fingerprint density at radius 1 is 1.38 bits per heavy atom. The Morgan fingerprint density at radius 2 is 2.08 bits per heavy atom. The Bertz CT molecular complexity index is 560. The van der Waals surface area contributed by atoms with E-state index in [-0.39, 0.29) is 23.5 Å². The molecule has 1 aliphatic heterocycles. The van der Waals surface area contributed by atoms with Crippen LogP contribution in [0.1, 0.15) is 43.0 Å². The summed E-state index contributed by atoms with van der Waals surface area (Å²) < 4.78 is 12.8. The van der Waals surface area contributed by atoms with E-state index in [0.717, 1.165) is 19.4 Å². The van der Waals surface area contributed by atoms with Crippen molar-refractivity contribution >= 4 is 11.8 Å². The Hall–Kier alpha value is -1.95. The van der Waals surface area contributed by atoms with Gasteiger partial charge in [-0.1, -0.05) is 0 Å². The highest BCUT2D eigenvalue weighted by Crippen LogP contribution is 2.20. The summed E-state index contributed by atoms with van der Waals surface area (Å²) in [7, 11) is 0. The molecule has 0 spiro atoms. The monoisotopic (exact) mass is 336 g/mol. The standard InChI is InChI=1S/C18H25FN2O3/c1-13(22)15-4-3-11-21(12-15)17(23)5-2-10-20-18(24)14-6-8-16(19)9-7-14/h6-9,13,15,22H,2-5,10-12H2,1H3,(H,20,24). The summed E-state index contributed by atoms with van der Waals surface area (Å²) in [6.07, 6.45) is 2.41. The number of nitrogens with one attached hydrogen (secondary N) is 1. The fourth-order valence-corrected chi connectivity index (χ4v) is 2.93. The molecule has 5 nitrogen and oxygen atoms in total. The van der Waals surface area contributed by atoms with E-state index >= 15 is 0 Å². The summed E-state index contributed by atoms with van der Waals surface area (Å²) in [6, 6.07) is 5.35. The minimum absolute atomic E-state index is 0.0661. The average molecular weight is 336 g/mol. The molecule has 1 heterocycles. The summed E-state index contributed by atoms with van der Waals surface area (Å²) in [5.74, 6) is -0.430. The van der Waals surface area contributed by atoms with Gasteiger partial charge in [-0.15, -0.1) is 0 Å². The third-order valence-corrected chi connectivity index (χ3v) is 4.45. The molecule has 2 amide bonds. The second-order valence-corrected chi connectivity index (χ2v) is 6.35. The average Bonchev–Trinajstić information content (AvgIpc) is 2.59. The summed E-state index contributed by atoms with van der Waals surface area (Å²) in [5, 5.41) is 12.4. The van der Waals surface area contributed by atoms with Crippen molar-refractivity contribution in [1.82, 2.24) is 10.2 Å². The van der Waals surface area contributed by atoms with Crippen LogP contribution in [0.5, 0.6) is 0 Å². The van der Waals surface area contributed by atoms with Gasteiger partial charge in [-0.3, -0.25) is 9.59 Å². The van der Waals surface area contributed by atoms with Gasteiger partial charge in [0.25, 0.3) is 5.91 Å². The number of carbonyl (C=O) groups is 2. The van der Waals surface area contributed by atoms with Gasteiger partial charge in [0.2, 0.25) is 5.91 Å². The SMILES string of the molecule is CC(O)C1CCCN(C(=O)CCCNC(=O)c2ccc(F)cc2)C1. The van der Waals surface area contributed by atoms with E-state index in [1.54, 1.807) is 6.92 Å². The summed E-state index contributed by atoms with van der Waals surface area (Å²) in [6.45, 7) is 3.52. The molecule has 0 bridgehead atoms. The Kier molecular flexibility index (Phi) is 6.73. The predicted molar refractivity (Wildman–Crippen MR) is 89.0 cm³/mol. The highest BCUT2D eigenvalue weighted by molar-refractivity contribution is 5.94. The van der Waals surface area contributed by atoms with Crippen LogP contribution < -0.4 is 5.32 Å². The Labute approximate surface area is 141 Å². The van der Waals surface area contributed by atoms with Crippen LogP contribution in [0.4, 0.5) is 4.39 Å². The number of carbonyl (C=O) groups excluding carboxylic acids is 2. The van der Waals surface area contributed by atoms with Crippen molar-refractivity contribution in [2.75, 3.05) is 19.6 Å². The maximum absolute atomic E-state index is 12.8. The first-order valence-electron chi connectivity index (χ1n) is 8.47. The molecule has 2 unspecified atom stereocenters. The van der Waals surface area contributed by atoms with Crippen molar-refractivity contribution in [2.24, 2.45) is 5.92 Å². The maximum atomic E-state index is 12.8. The molecule has 1 aromatic carbocycles. The van der Waals surface area contributed by atoms with Crippen LogP contribution in [0, 0.1) is 11.7 Å². The van der Waals surface area contributed by atoms with Crippen molar-refractivity contribution in [3.8, 4) is 0 Å². The third-order valence-electron chi connectivity index (χ3n) is 4.45. The summed E-state index contributed by atoms with van der Waals surface area (Å²) >= 11 is 0. The van der Waals surface area contributed by atoms with Crippen LogP contribution in [0.15, 0.2) is 24.3 Å². The maximum Gasteiger partial charge on any atom is 0.251 e. The molecule has 0 radical (unpaired) electrons. The van der Waals surface area contributed by atoms with E-state index in [0.29, 0.717) is 31.5 Å². The molecule has 2 atom stereocenters. The molecule has 0 saturated carbocycles. The predicted octanol–water partition coefficient (Wildman–Crippen LogP) is 1.96. The van der Waals surface area contributed by atoms with Crippen molar-refractivity contribution < 1.29 is 19.1 Å². The molecular formula is C18H25FN2O3. The van der Waals surface area contributed by atoms with Crippen molar-refractivity contribution in [3.63, 3.8) is 0 Å². The molecule has 1 aromatic rings. The number of aliphatic hydroxyl groups is 1. The molecule has 6 heteroatoms. The molecule has 1 saturated heterocycles. The summed E-state index contributed by atoms with van der Waals surface area (Å²) in [5.41, 5.74) is 0.401. The second-order valence-electron chi connectivity index (χ2n) is 6.35. The number of hydrogen-bond acceptors (Lipinski definition) is 3. The quantitative estimate of drug-likeness (QED) is 0.780. The Morgan fingerprint density at radius 3 is 2.75 bits per heavy atom. The van der Waals surface area contributed by atoms with Crippen LogP contribution in [-0.2, 0) is 4.79 Å². The lowest BCUT2D eigenvalue weighted by Crippen LogP contribution is -2.43. The fourth-order valence-electron chi connectivity index (χ4n) is 2.93. The molecule has 132 valence electrons. The van der Waals surface area contributed by atoms with Crippen molar-refractivity contribution in [1.29, 1.82) is 0 Å². The van der Waals surface area contributed by atoms with Gasteiger partial charge in [-0.2, -0.15) is 0 Å². The molecule has 24 heavy (non-hydrogen) atoms. The second kappa shape index (κ2) is 8.78. The normalized spacial score (nSPS) is 19.0. The van der Waals surface area contributed by atoms with E-state index in [2.05, 4.69) is 5.32 Å². The number of benzene rings is 1. The Balaban J connectivity index is 1.69. The van der Waals surface area contributed by atoms with E-state index in [1.807, 2.05) is 4.90 Å². The fraction of sp³-hybridized carbons (Fsp3) is 0.556. The molecule has 1 fully saturated rings. The number of hydrogen-bond donors (Lipinski definition) is 2. The van der Waals surface area contributed by atoms with Crippen LogP contribution in [0.3, 0.4) is 0 Å². The summed E-state index contributed by atoms with van der Waals surface area (Å²) in [4.78, 5) is 25.9. The largest absolute Gasteiger partial charge is 0.393 e. The smallest absolute Gasteiger partial charge is 0.251 e. The van der Waals surface area contributed by atoms with Crippen LogP contribution >= 0.6 is 0 Å². The van der Waals surface area contributed by atoms with E-state index in [9.17, 15) is 19.1 Å². The molecule has 0 aliphatic carbocycles. The number of halogens is 1. The number of likely N-dealkylation sites (tertiary alicyclic amines) is 1. The molecular weight excluding hydrogens is 311 g/mol. The van der Waals surface area contributed by atoms with Gasteiger partial charge in [0.1, 0.15) is 5.82 Å². The van der Waals surface area contributed by atoms with Gasteiger partial charge in [0, 0.05) is 37.5 Å². The topological polar surface area (TPSA) is 69.6 Å². The minimum Gasteiger partial charge on any atom is -0.393 e. The number of aliphatic hydroxyl groups excluding tert-OH is 1. The lowest BCUT2D eigenvalue weighted by atomic mass is 9.93. The van der Waals surface area contributed by atoms with Gasteiger partial charge in [0.15, 0.2) is 0 Å². The highest BCUT2D eigenvalue weighted by Gasteiger charge is 2.25. The van der Waals surface area contributed by atoms with E-state index in [1.165, 1.54) is 24.3 Å². The molecule has 2 rings (SSSR count). The zero-order valence-electron chi connectivity index (χ0n) is 14.0. The molecule has 0 aromatic heterocycles. The van der Waals surface area contributed by atoms with Gasteiger partial charge < -0.3 is 15.3 Å². The lowest BCUT2D eigenvalue weighted by molar-refractivity contribution is -0.133. The number of rotatable bonds is 6. The zero-order valence-corrected chi connectivity index (χ0v) is 14.0. The molecule has 2 N–H and O–H groups in total. The van der Waals surface area contributed by atoms with E-state index in [4.69, 9.17) is 0 Å². The third kappa shape index (κ3) is 5.30. The lowest BCUT2D eigenvalue weighted by Gasteiger charge is -2.34. The highest BCUT2D eigenvalue weighted by atomic mass is 19.1. The van der Waals surface area contributed by atoms with E-state index < -0.39 is 6.10 Å². The zero-order chi connectivity index (χ0) is 17.5. The number of piperidine rings is 1. The first kappa shape index (κ1) is 18.4. The first-order chi connectivity index (χ1) is 11.5. The van der Waals surface area contributed by atoms with Crippen molar-refractivity contribution in [3.05, 3.63) is 35.6 Å². The van der Waals surface area contributed by atoms with Crippen molar-refractivity contribution in [2.45, 2.75) is 38.7 Å². The van der Waals surface area contributed by atoms with Gasteiger partial charge in [0.05, 0.1) is 6.10 Å². The van der Waals surface area contributed by atoms with Gasteiger partial charge in [-0.25, -0.2) is 4.39 Å². The number of nitrogens with zero attached hydrogens (tertiary/aromatic N) is 1.